The van der Waals surface area contributed by atoms with E-state index in [9.17, 15) is 0 Å². The molecule has 0 N–H and O–H groups in total. The van der Waals surface area contributed by atoms with Crippen molar-refractivity contribution in [2.45, 2.75) is 25.0 Å². The Hall–Kier alpha value is -2.08. The lowest BCUT2D eigenvalue weighted by Gasteiger charge is -2.14. The van der Waals surface area contributed by atoms with Gasteiger partial charge in [-0.3, -0.25) is 0 Å². The van der Waals surface area contributed by atoms with E-state index in [-0.39, 0.29) is 6.04 Å². The Balaban J connectivity index is 1.91. The van der Waals surface area contributed by atoms with Crippen LogP contribution in [0.15, 0.2) is 52.8 Å². The quantitative estimate of drug-likeness (QED) is 0.531. The topological polar surface area (TPSA) is 56.7 Å². The first-order valence-corrected chi connectivity index (χ1v) is 7.79. The third-order valence-electron chi connectivity index (χ3n) is 3.20. The number of hydrogen-bond donors (Lipinski definition) is 0. The van der Waals surface area contributed by atoms with Gasteiger partial charge < -0.3 is 8.98 Å². The van der Waals surface area contributed by atoms with Gasteiger partial charge in [-0.2, -0.15) is 0 Å². The van der Waals surface area contributed by atoms with E-state index >= 15 is 0 Å². The Labute approximate surface area is 127 Å². The Kier molecular flexibility index (Phi) is 4.06. The van der Waals surface area contributed by atoms with E-state index in [2.05, 4.69) is 33.4 Å². The fourth-order valence-corrected chi connectivity index (χ4v) is 2.66. The molecule has 6 heteroatoms. The smallest absolute Gasteiger partial charge is 0.187 e. The van der Waals surface area contributed by atoms with Crippen LogP contribution in [-0.4, -0.2) is 25.3 Å². The monoisotopic (exact) mass is 300 g/mol. The number of rotatable bonds is 5. The SMILES string of the molecule is CCSc1ncc(-c2nccn2[C@H](C)c2ccco2)cn1. The van der Waals surface area contributed by atoms with Crippen molar-refractivity contribution in [1.82, 2.24) is 19.5 Å². The molecule has 21 heavy (non-hydrogen) atoms. The minimum atomic E-state index is 0.0715. The standard InChI is InChI=1S/C15H16N4OS/c1-3-21-15-17-9-12(10-18-15)14-16-6-7-19(14)11(2)13-5-4-8-20-13/h4-11H,3H2,1-2H3/t11-/m1/s1. The van der Waals surface area contributed by atoms with Gasteiger partial charge in [0.2, 0.25) is 0 Å². The summed E-state index contributed by atoms with van der Waals surface area (Å²) in [5.41, 5.74) is 0.902. The predicted molar refractivity (Wildman–Crippen MR) is 82.2 cm³/mol. The molecule has 0 fully saturated rings. The molecule has 3 rings (SSSR count). The molecule has 0 unspecified atom stereocenters. The van der Waals surface area contributed by atoms with Crippen LogP contribution in [0.4, 0.5) is 0 Å². The third kappa shape index (κ3) is 2.85. The van der Waals surface area contributed by atoms with Gasteiger partial charge in [-0.1, -0.05) is 18.7 Å². The maximum atomic E-state index is 5.48. The average molecular weight is 300 g/mol. The Morgan fingerprint density at radius 2 is 2.10 bits per heavy atom. The number of aromatic nitrogens is 4. The maximum Gasteiger partial charge on any atom is 0.187 e. The first-order valence-electron chi connectivity index (χ1n) is 6.81. The van der Waals surface area contributed by atoms with Crippen LogP contribution in [0.1, 0.15) is 25.6 Å². The molecule has 0 saturated carbocycles. The lowest BCUT2D eigenvalue weighted by atomic mass is 10.2. The molecule has 3 aromatic rings. The summed E-state index contributed by atoms with van der Waals surface area (Å²) in [5.74, 6) is 2.70. The highest BCUT2D eigenvalue weighted by Gasteiger charge is 2.16. The molecule has 0 spiro atoms. The molecule has 108 valence electrons. The van der Waals surface area contributed by atoms with Crippen LogP contribution in [0, 0.1) is 0 Å². The van der Waals surface area contributed by atoms with Crippen LogP contribution in [-0.2, 0) is 0 Å². The number of hydrogen-bond acceptors (Lipinski definition) is 5. The summed E-state index contributed by atoms with van der Waals surface area (Å²) in [7, 11) is 0. The predicted octanol–water partition coefficient (Wildman–Crippen LogP) is 3.65. The summed E-state index contributed by atoms with van der Waals surface area (Å²) in [6.07, 6.45) is 9.04. The number of imidazole rings is 1. The van der Waals surface area contributed by atoms with Crippen LogP contribution in [0.3, 0.4) is 0 Å². The Bertz CT molecular complexity index is 691. The lowest BCUT2D eigenvalue weighted by Crippen LogP contribution is -2.07. The van der Waals surface area contributed by atoms with Gasteiger partial charge in [0.15, 0.2) is 5.16 Å². The highest BCUT2D eigenvalue weighted by Crippen LogP contribution is 2.25. The van der Waals surface area contributed by atoms with Crippen molar-refractivity contribution < 1.29 is 4.42 Å². The van der Waals surface area contributed by atoms with Crippen LogP contribution < -0.4 is 0 Å². The van der Waals surface area contributed by atoms with Gasteiger partial charge in [0.05, 0.1) is 17.9 Å². The number of thioether (sulfide) groups is 1. The van der Waals surface area contributed by atoms with Gasteiger partial charge in [0.1, 0.15) is 11.6 Å². The van der Waals surface area contributed by atoms with Gasteiger partial charge in [0, 0.05) is 24.8 Å². The van der Waals surface area contributed by atoms with E-state index < -0.39 is 0 Å². The molecule has 5 nitrogen and oxygen atoms in total. The summed E-state index contributed by atoms with van der Waals surface area (Å²) in [5, 5.41) is 0.790. The zero-order chi connectivity index (χ0) is 14.7. The van der Waals surface area contributed by atoms with E-state index in [1.54, 1.807) is 24.2 Å². The van der Waals surface area contributed by atoms with Crippen molar-refractivity contribution in [2.24, 2.45) is 0 Å². The van der Waals surface area contributed by atoms with Gasteiger partial charge in [0.25, 0.3) is 0 Å². The number of furan rings is 1. The minimum Gasteiger partial charge on any atom is -0.467 e. The highest BCUT2D eigenvalue weighted by atomic mass is 32.2. The van der Waals surface area contributed by atoms with Gasteiger partial charge >= 0.3 is 0 Å². The Morgan fingerprint density at radius 3 is 2.76 bits per heavy atom. The minimum absolute atomic E-state index is 0.0715. The molecule has 3 heterocycles. The van der Waals surface area contributed by atoms with Gasteiger partial charge in [-0.15, -0.1) is 0 Å². The number of nitrogens with zero attached hydrogens (tertiary/aromatic N) is 4. The summed E-state index contributed by atoms with van der Waals surface area (Å²) in [6.45, 7) is 4.16. The molecule has 0 aliphatic heterocycles. The summed E-state index contributed by atoms with van der Waals surface area (Å²) in [6, 6.07) is 3.93. The van der Waals surface area contributed by atoms with Crippen molar-refractivity contribution >= 4 is 11.8 Å². The first kappa shape index (κ1) is 13.9. The van der Waals surface area contributed by atoms with Gasteiger partial charge in [-0.05, 0) is 24.8 Å². The van der Waals surface area contributed by atoms with Gasteiger partial charge in [-0.25, -0.2) is 15.0 Å². The van der Waals surface area contributed by atoms with Crippen LogP contribution in [0.25, 0.3) is 11.4 Å². The second kappa shape index (κ2) is 6.13. The second-order valence-corrected chi connectivity index (χ2v) is 5.77. The molecular weight excluding hydrogens is 284 g/mol. The van der Waals surface area contributed by atoms with Crippen molar-refractivity contribution in [2.75, 3.05) is 5.75 Å². The molecular formula is C15H16N4OS. The van der Waals surface area contributed by atoms with E-state index in [1.165, 1.54) is 0 Å². The van der Waals surface area contributed by atoms with Crippen LogP contribution in [0.2, 0.25) is 0 Å². The Morgan fingerprint density at radius 1 is 1.29 bits per heavy atom. The van der Waals surface area contributed by atoms with Crippen molar-refractivity contribution in [3.8, 4) is 11.4 Å². The van der Waals surface area contributed by atoms with Crippen LogP contribution >= 0.6 is 11.8 Å². The molecule has 0 amide bonds. The molecule has 0 saturated heterocycles. The fourth-order valence-electron chi connectivity index (χ4n) is 2.15. The zero-order valence-corrected chi connectivity index (χ0v) is 12.7. The van der Waals surface area contributed by atoms with E-state index in [1.807, 2.05) is 30.7 Å². The zero-order valence-electron chi connectivity index (χ0n) is 11.9. The summed E-state index contributed by atoms with van der Waals surface area (Å²) < 4.78 is 7.54. The normalized spacial score (nSPS) is 12.5. The largest absolute Gasteiger partial charge is 0.467 e. The van der Waals surface area contributed by atoms with E-state index in [0.717, 1.165) is 28.1 Å². The van der Waals surface area contributed by atoms with E-state index in [4.69, 9.17) is 4.42 Å². The molecule has 0 aliphatic carbocycles. The molecule has 1 atom stereocenters. The first-order chi connectivity index (χ1) is 10.3. The molecule has 0 bridgehead atoms. The summed E-state index contributed by atoms with van der Waals surface area (Å²) in [4.78, 5) is 13.2. The molecule has 0 radical (unpaired) electrons. The second-order valence-electron chi connectivity index (χ2n) is 4.54. The van der Waals surface area contributed by atoms with Crippen molar-refractivity contribution in [3.63, 3.8) is 0 Å². The van der Waals surface area contributed by atoms with E-state index in [0.29, 0.717) is 0 Å². The maximum absolute atomic E-state index is 5.48. The van der Waals surface area contributed by atoms with Crippen LogP contribution in [0.5, 0.6) is 0 Å². The fraction of sp³-hybridized carbons (Fsp3) is 0.267. The average Bonchev–Trinajstić information content (AvgIpc) is 3.19. The van der Waals surface area contributed by atoms with Crippen molar-refractivity contribution in [3.05, 3.63) is 48.9 Å². The highest BCUT2D eigenvalue weighted by molar-refractivity contribution is 7.99. The summed E-state index contributed by atoms with van der Waals surface area (Å²) >= 11 is 1.63. The van der Waals surface area contributed by atoms with Crippen molar-refractivity contribution in [1.29, 1.82) is 0 Å². The lowest BCUT2D eigenvalue weighted by molar-refractivity contribution is 0.448. The molecule has 0 aliphatic rings. The molecule has 0 aromatic carbocycles. The third-order valence-corrected chi connectivity index (χ3v) is 3.96. The molecule has 3 aromatic heterocycles.